The Morgan fingerprint density at radius 3 is 2.43 bits per heavy atom. The van der Waals surface area contributed by atoms with Gasteiger partial charge in [-0.1, -0.05) is 0 Å². The van der Waals surface area contributed by atoms with Gasteiger partial charge in [0.15, 0.2) is 5.75 Å². The van der Waals surface area contributed by atoms with E-state index in [0.717, 1.165) is 6.07 Å². The number of alkyl halides is 3. The molecule has 0 N–H and O–H groups in total. The van der Waals surface area contributed by atoms with Crippen LogP contribution in [-0.2, 0) is 0 Å². The van der Waals surface area contributed by atoms with E-state index in [0.29, 0.717) is 0 Å². The number of halogens is 6. The van der Waals surface area contributed by atoms with Crippen LogP contribution < -0.4 is 4.74 Å². The SMILES string of the molecule is Fc1cc(Br)c(OC(F)(F)F)c(I)n1. The van der Waals surface area contributed by atoms with E-state index < -0.39 is 18.1 Å². The number of pyridine rings is 1. The van der Waals surface area contributed by atoms with Gasteiger partial charge in [0.05, 0.1) is 4.47 Å². The Bertz CT molecular complexity index is 333. The highest BCUT2D eigenvalue weighted by molar-refractivity contribution is 14.1. The highest BCUT2D eigenvalue weighted by atomic mass is 127. The molecule has 1 aromatic rings. The molecular formula is C6HBrF4INO. The van der Waals surface area contributed by atoms with Crippen molar-refractivity contribution in [1.82, 2.24) is 4.98 Å². The first-order valence-corrected chi connectivity index (χ1v) is 4.94. The van der Waals surface area contributed by atoms with E-state index >= 15 is 0 Å². The lowest BCUT2D eigenvalue weighted by atomic mass is 10.4. The molecule has 0 aromatic carbocycles. The lowest BCUT2D eigenvalue weighted by Crippen LogP contribution is -2.18. The Morgan fingerprint density at radius 2 is 2.00 bits per heavy atom. The van der Waals surface area contributed by atoms with Crippen molar-refractivity contribution in [2.45, 2.75) is 6.36 Å². The number of nitrogens with zero attached hydrogens (tertiary/aromatic N) is 1. The number of hydrogen-bond donors (Lipinski definition) is 0. The van der Waals surface area contributed by atoms with E-state index in [4.69, 9.17) is 0 Å². The third-order valence-electron chi connectivity index (χ3n) is 1.07. The van der Waals surface area contributed by atoms with Gasteiger partial charge in [-0.2, -0.15) is 4.39 Å². The molecule has 8 heteroatoms. The van der Waals surface area contributed by atoms with Crippen molar-refractivity contribution < 1.29 is 22.3 Å². The fourth-order valence-corrected chi connectivity index (χ4v) is 2.11. The minimum atomic E-state index is -4.82. The molecule has 0 aliphatic rings. The number of aromatic nitrogens is 1. The van der Waals surface area contributed by atoms with E-state index in [-0.39, 0.29) is 8.17 Å². The van der Waals surface area contributed by atoms with Crippen LogP contribution in [0.2, 0.25) is 0 Å². The maximum absolute atomic E-state index is 12.6. The molecule has 0 radical (unpaired) electrons. The quantitative estimate of drug-likeness (QED) is 0.419. The van der Waals surface area contributed by atoms with Crippen molar-refractivity contribution >= 4 is 38.5 Å². The first-order valence-electron chi connectivity index (χ1n) is 3.07. The first kappa shape index (κ1) is 12.0. The second kappa shape index (κ2) is 4.17. The summed E-state index contributed by atoms with van der Waals surface area (Å²) in [4.78, 5) is 3.18. The van der Waals surface area contributed by atoms with E-state index in [9.17, 15) is 17.6 Å². The predicted molar refractivity (Wildman–Crippen MR) is 51.3 cm³/mol. The van der Waals surface area contributed by atoms with Crippen LogP contribution in [0.25, 0.3) is 0 Å². The van der Waals surface area contributed by atoms with Crippen LogP contribution in [0.3, 0.4) is 0 Å². The summed E-state index contributed by atoms with van der Waals surface area (Å²) in [6, 6.07) is 0.795. The fraction of sp³-hybridized carbons (Fsp3) is 0.167. The highest BCUT2D eigenvalue weighted by Crippen LogP contribution is 2.33. The summed E-state index contributed by atoms with van der Waals surface area (Å²) < 4.78 is 51.4. The summed E-state index contributed by atoms with van der Waals surface area (Å²) in [6.45, 7) is 0. The minimum absolute atomic E-state index is 0.133. The van der Waals surface area contributed by atoms with Crippen LogP contribution >= 0.6 is 38.5 Å². The van der Waals surface area contributed by atoms with Crippen LogP contribution in [0.5, 0.6) is 5.75 Å². The molecule has 2 nitrogen and oxygen atoms in total. The molecule has 14 heavy (non-hydrogen) atoms. The van der Waals surface area contributed by atoms with Gasteiger partial charge >= 0.3 is 6.36 Å². The average molecular weight is 386 g/mol. The summed E-state index contributed by atoms with van der Waals surface area (Å²) >= 11 is 4.19. The van der Waals surface area contributed by atoms with Crippen molar-refractivity contribution in [2.75, 3.05) is 0 Å². The molecule has 0 atom stereocenters. The Balaban J connectivity index is 3.09. The maximum Gasteiger partial charge on any atom is 0.573 e. The van der Waals surface area contributed by atoms with Crippen LogP contribution in [-0.4, -0.2) is 11.3 Å². The molecule has 1 rings (SSSR count). The second-order valence-electron chi connectivity index (χ2n) is 2.09. The van der Waals surface area contributed by atoms with Crippen molar-refractivity contribution in [1.29, 1.82) is 0 Å². The molecule has 0 aliphatic carbocycles. The molecule has 0 amide bonds. The molecule has 0 fully saturated rings. The van der Waals surface area contributed by atoms with E-state index in [1.54, 1.807) is 0 Å². The summed E-state index contributed by atoms with van der Waals surface area (Å²) in [5.41, 5.74) is 0. The van der Waals surface area contributed by atoms with Crippen LogP contribution in [0.4, 0.5) is 17.6 Å². The standard InChI is InChI=1S/C6HBrF4INO/c7-2-1-3(8)13-5(12)4(2)14-6(9,10)11/h1H. The van der Waals surface area contributed by atoms with Gasteiger partial charge in [0.2, 0.25) is 5.95 Å². The molecule has 1 aromatic heterocycles. The molecular weight excluding hydrogens is 385 g/mol. The first-order chi connectivity index (χ1) is 6.29. The molecule has 1 heterocycles. The summed E-state index contributed by atoms with van der Waals surface area (Å²) in [5, 5.41) is 0. The predicted octanol–water partition coefficient (Wildman–Crippen LogP) is 3.49. The molecule has 0 saturated carbocycles. The third kappa shape index (κ3) is 3.23. The lowest BCUT2D eigenvalue weighted by molar-refractivity contribution is -0.275. The molecule has 0 bridgehead atoms. The second-order valence-corrected chi connectivity index (χ2v) is 3.97. The Labute approximate surface area is 97.9 Å². The summed E-state index contributed by atoms with van der Waals surface area (Å²) in [5.74, 6) is -1.42. The van der Waals surface area contributed by atoms with E-state index in [2.05, 4.69) is 25.7 Å². The number of hydrogen-bond acceptors (Lipinski definition) is 2. The van der Waals surface area contributed by atoms with Gasteiger partial charge in [-0.15, -0.1) is 13.2 Å². The molecule has 0 saturated heterocycles. The smallest absolute Gasteiger partial charge is 0.402 e. The van der Waals surface area contributed by atoms with Crippen molar-refractivity contribution in [2.24, 2.45) is 0 Å². The minimum Gasteiger partial charge on any atom is -0.402 e. The van der Waals surface area contributed by atoms with E-state index in [1.807, 2.05) is 0 Å². The van der Waals surface area contributed by atoms with E-state index in [1.165, 1.54) is 22.6 Å². The number of rotatable bonds is 1. The van der Waals surface area contributed by atoms with Crippen molar-refractivity contribution in [3.63, 3.8) is 0 Å². The van der Waals surface area contributed by atoms with Gasteiger partial charge in [0, 0.05) is 6.07 Å². The Kier molecular flexibility index (Phi) is 3.56. The van der Waals surface area contributed by atoms with Crippen LogP contribution in [0.15, 0.2) is 10.5 Å². The van der Waals surface area contributed by atoms with Crippen LogP contribution in [0.1, 0.15) is 0 Å². The van der Waals surface area contributed by atoms with Gasteiger partial charge in [-0.25, -0.2) is 4.98 Å². The van der Waals surface area contributed by atoms with Gasteiger partial charge < -0.3 is 4.74 Å². The monoisotopic (exact) mass is 385 g/mol. The topological polar surface area (TPSA) is 22.1 Å². The van der Waals surface area contributed by atoms with Gasteiger partial charge in [-0.05, 0) is 38.5 Å². The Morgan fingerprint density at radius 1 is 1.43 bits per heavy atom. The van der Waals surface area contributed by atoms with Crippen molar-refractivity contribution in [3.05, 3.63) is 20.2 Å². The maximum atomic E-state index is 12.6. The number of ether oxygens (including phenoxy) is 1. The third-order valence-corrected chi connectivity index (χ3v) is 2.39. The highest BCUT2D eigenvalue weighted by Gasteiger charge is 2.33. The zero-order valence-corrected chi connectivity index (χ0v) is 9.94. The normalized spacial score (nSPS) is 11.6. The lowest BCUT2D eigenvalue weighted by Gasteiger charge is -2.11. The van der Waals surface area contributed by atoms with Crippen molar-refractivity contribution in [3.8, 4) is 5.75 Å². The zero-order chi connectivity index (χ0) is 10.9. The molecule has 0 spiro atoms. The largest absolute Gasteiger partial charge is 0.573 e. The van der Waals surface area contributed by atoms with Gasteiger partial charge in [0.1, 0.15) is 3.70 Å². The summed E-state index contributed by atoms with van der Waals surface area (Å²) in [7, 11) is 0. The van der Waals surface area contributed by atoms with Gasteiger partial charge in [0.25, 0.3) is 0 Å². The van der Waals surface area contributed by atoms with Crippen LogP contribution in [0, 0.1) is 9.65 Å². The Hall–Kier alpha value is -0.120. The fourth-order valence-electron chi connectivity index (χ4n) is 0.652. The molecule has 78 valence electrons. The molecule has 0 aliphatic heterocycles. The zero-order valence-electron chi connectivity index (χ0n) is 6.20. The molecule has 0 unspecified atom stereocenters. The van der Waals surface area contributed by atoms with Gasteiger partial charge in [-0.3, -0.25) is 0 Å². The average Bonchev–Trinajstić information content (AvgIpc) is 1.95. The summed E-state index contributed by atoms with van der Waals surface area (Å²) in [6.07, 6.45) is -4.82.